The van der Waals surface area contributed by atoms with Gasteiger partial charge in [-0.25, -0.2) is 4.79 Å². The van der Waals surface area contributed by atoms with Crippen molar-refractivity contribution in [2.24, 2.45) is 0 Å². The van der Waals surface area contributed by atoms with Crippen LogP contribution in [0.4, 0.5) is 4.79 Å². The molecule has 1 aliphatic rings. The van der Waals surface area contributed by atoms with Crippen LogP contribution in [0.15, 0.2) is 18.3 Å². The van der Waals surface area contributed by atoms with E-state index in [1.807, 2.05) is 0 Å². The predicted molar refractivity (Wildman–Crippen MR) is 55.3 cm³/mol. The number of aromatic nitrogens is 2. The van der Waals surface area contributed by atoms with Gasteiger partial charge in [-0.15, -0.1) is 0 Å². The Balaban J connectivity index is 2.43. The number of carbonyl (C=O) groups is 2. The zero-order valence-electron chi connectivity index (χ0n) is 9.10. The quantitative estimate of drug-likeness (QED) is 0.736. The minimum Gasteiger partial charge on any atom is -0.316 e. The van der Waals surface area contributed by atoms with E-state index in [0.29, 0.717) is 5.69 Å². The summed E-state index contributed by atoms with van der Waals surface area (Å²) in [5, 5.41) is 9.99. The molecule has 1 aromatic rings. The molecule has 3 amide bonds. The van der Waals surface area contributed by atoms with Gasteiger partial charge in [0.15, 0.2) is 0 Å². The van der Waals surface area contributed by atoms with Crippen LogP contribution in [0.5, 0.6) is 0 Å². The molecule has 6 nitrogen and oxygen atoms in total. The molecule has 2 heterocycles. The number of amides is 3. The smallest absolute Gasteiger partial charge is 0.316 e. The molecular weight excluding hydrogens is 208 g/mol. The Labute approximate surface area is 92.7 Å². The average molecular weight is 220 g/mol. The van der Waals surface area contributed by atoms with Crippen molar-refractivity contribution in [3.63, 3.8) is 0 Å². The minimum absolute atomic E-state index is 0.188. The van der Waals surface area contributed by atoms with Gasteiger partial charge in [0.2, 0.25) is 5.91 Å². The summed E-state index contributed by atoms with van der Waals surface area (Å²) in [6.45, 7) is 1.80. The number of nitrogens with one attached hydrogen (secondary N) is 1. The van der Waals surface area contributed by atoms with Crippen LogP contribution in [0.25, 0.3) is 0 Å². The maximum atomic E-state index is 11.5. The molecule has 1 aromatic heterocycles. The second-order valence-electron chi connectivity index (χ2n) is 3.97. The second-order valence-corrected chi connectivity index (χ2v) is 3.97. The van der Waals surface area contributed by atoms with Gasteiger partial charge in [0.05, 0.1) is 17.7 Å². The number of carbonyl (C=O) groups excluding carboxylic acids is 2. The van der Waals surface area contributed by atoms with Crippen LogP contribution in [0.1, 0.15) is 19.0 Å². The van der Waals surface area contributed by atoms with Gasteiger partial charge < -0.3 is 4.90 Å². The summed E-state index contributed by atoms with van der Waals surface area (Å²) in [4.78, 5) is 24.4. The van der Waals surface area contributed by atoms with Crippen LogP contribution < -0.4 is 5.32 Å². The van der Waals surface area contributed by atoms with Crippen molar-refractivity contribution in [3.05, 3.63) is 24.0 Å². The van der Waals surface area contributed by atoms with Crippen LogP contribution in [0.2, 0.25) is 0 Å². The largest absolute Gasteiger partial charge is 0.324 e. The highest BCUT2D eigenvalue weighted by molar-refractivity contribution is 5.97. The Bertz CT molecular complexity index is 434. The Morgan fingerprint density at radius 3 is 2.88 bits per heavy atom. The van der Waals surface area contributed by atoms with E-state index in [9.17, 15) is 9.59 Å². The Kier molecular flexibility index (Phi) is 2.34. The SMILES string of the molecule is CN1C(=O)NC(=O)CC1(C)c1cccnn1. The second kappa shape index (κ2) is 3.55. The lowest BCUT2D eigenvalue weighted by Crippen LogP contribution is -2.58. The molecule has 1 N–H and O–H groups in total. The number of imide groups is 1. The van der Waals surface area contributed by atoms with Gasteiger partial charge in [0, 0.05) is 13.2 Å². The van der Waals surface area contributed by atoms with Crippen molar-refractivity contribution in [3.8, 4) is 0 Å². The zero-order chi connectivity index (χ0) is 11.8. The maximum absolute atomic E-state index is 11.5. The first kappa shape index (κ1) is 10.5. The topological polar surface area (TPSA) is 75.2 Å². The van der Waals surface area contributed by atoms with Gasteiger partial charge >= 0.3 is 6.03 Å². The lowest BCUT2D eigenvalue weighted by Gasteiger charge is -2.40. The molecule has 1 aliphatic heterocycles. The van der Waals surface area contributed by atoms with Crippen LogP contribution in [0.3, 0.4) is 0 Å². The summed E-state index contributed by atoms with van der Waals surface area (Å²) in [6.07, 6.45) is 1.74. The average Bonchev–Trinajstić information content (AvgIpc) is 2.27. The zero-order valence-corrected chi connectivity index (χ0v) is 9.10. The van der Waals surface area contributed by atoms with Gasteiger partial charge in [0.1, 0.15) is 0 Å². The van der Waals surface area contributed by atoms with Gasteiger partial charge in [-0.2, -0.15) is 10.2 Å². The Hall–Kier alpha value is -1.98. The molecule has 0 aliphatic carbocycles. The molecule has 0 radical (unpaired) electrons. The molecule has 1 saturated heterocycles. The molecule has 0 spiro atoms. The highest BCUT2D eigenvalue weighted by atomic mass is 16.2. The van der Waals surface area contributed by atoms with Crippen molar-refractivity contribution in [2.75, 3.05) is 7.05 Å². The van der Waals surface area contributed by atoms with Crippen molar-refractivity contribution in [1.29, 1.82) is 0 Å². The number of hydrogen-bond donors (Lipinski definition) is 1. The molecular formula is C10H12N4O2. The van der Waals surface area contributed by atoms with E-state index in [-0.39, 0.29) is 12.3 Å². The van der Waals surface area contributed by atoms with Crippen LogP contribution in [-0.4, -0.2) is 34.1 Å². The summed E-state index contributed by atoms with van der Waals surface area (Å²) in [6, 6.07) is 3.08. The van der Waals surface area contributed by atoms with E-state index in [1.165, 1.54) is 4.90 Å². The maximum Gasteiger partial charge on any atom is 0.324 e. The fraction of sp³-hybridized carbons (Fsp3) is 0.400. The lowest BCUT2D eigenvalue weighted by molar-refractivity contribution is -0.124. The van der Waals surface area contributed by atoms with E-state index in [1.54, 1.807) is 32.3 Å². The lowest BCUT2D eigenvalue weighted by atomic mass is 9.89. The number of rotatable bonds is 1. The molecule has 1 atom stereocenters. The summed E-state index contributed by atoms with van der Waals surface area (Å²) < 4.78 is 0. The number of nitrogens with zero attached hydrogens (tertiary/aromatic N) is 3. The van der Waals surface area contributed by atoms with E-state index in [4.69, 9.17) is 0 Å². The third-order valence-electron chi connectivity index (χ3n) is 2.92. The third-order valence-corrected chi connectivity index (χ3v) is 2.92. The third kappa shape index (κ3) is 1.52. The van der Waals surface area contributed by atoms with E-state index in [2.05, 4.69) is 15.5 Å². The molecule has 6 heteroatoms. The summed E-state index contributed by atoms with van der Waals surface area (Å²) >= 11 is 0. The molecule has 2 rings (SSSR count). The fourth-order valence-electron chi connectivity index (χ4n) is 1.75. The fourth-order valence-corrected chi connectivity index (χ4v) is 1.75. The Morgan fingerprint density at radius 2 is 2.25 bits per heavy atom. The number of hydrogen-bond acceptors (Lipinski definition) is 4. The first-order valence-electron chi connectivity index (χ1n) is 4.90. The van der Waals surface area contributed by atoms with Gasteiger partial charge in [-0.05, 0) is 19.1 Å². The highest BCUT2D eigenvalue weighted by Crippen LogP contribution is 2.31. The van der Waals surface area contributed by atoms with E-state index in [0.717, 1.165) is 0 Å². The highest BCUT2D eigenvalue weighted by Gasteiger charge is 2.42. The molecule has 0 bridgehead atoms. The van der Waals surface area contributed by atoms with Crippen LogP contribution in [0, 0.1) is 0 Å². The first-order chi connectivity index (χ1) is 7.54. The molecule has 0 aromatic carbocycles. The first-order valence-corrected chi connectivity index (χ1v) is 4.90. The monoisotopic (exact) mass is 220 g/mol. The van der Waals surface area contributed by atoms with Gasteiger partial charge in [0.25, 0.3) is 0 Å². The van der Waals surface area contributed by atoms with Crippen LogP contribution >= 0.6 is 0 Å². The minimum atomic E-state index is -0.728. The van der Waals surface area contributed by atoms with Crippen molar-refractivity contribution >= 4 is 11.9 Å². The van der Waals surface area contributed by atoms with E-state index >= 15 is 0 Å². The molecule has 84 valence electrons. The Morgan fingerprint density at radius 1 is 1.50 bits per heavy atom. The molecule has 0 saturated carbocycles. The van der Waals surface area contributed by atoms with Crippen LogP contribution in [-0.2, 0) is 10.3 Å². The summed E-state index contributed by atoms with van der Waals surface area (Å²) in [5.41, 5.74) is -0.117. The molecule has 16 heavy (non-hydrogen) atoms. The van der Waals surface area contributed by atoms with Gasteiger partial charge in [-0.1, -0.05) is 0 Å². The van der Waals surface area contributed by atoms with Crippen molar-refractivity contribution < 1.29 is 9.59 Å². The van der Waals surface area contributed by atoms with E-state index < -0.39 is 11.6 Å². The molecule has 1 fully saturated rings. The molecule has 1 unspecified atom stereocenters. The number of urea groups is 1. The normalized spacial score (nSPS) is 25.5. The predicted octanol–water partition coefficient (Wildman–Crippen LogP) is 0.264. The summed E-state index contributed by atoms with van der Waals surface area (Å²) in [5.74, 6) is -0.295. The summed E-state index contributed by atoms with van der Waals surface area (Å²) in [7, 11) is 1.64. The van der Waals surface area contributed by atoms with Gasteiger partial charge in [-0.3, -0.25) is 10.1 Å². The van der Waals surface area contributed by atoms with Crippen molar-refractivity contribution in [1.82, 2.24) is 20.4 Å². The standard InChI is InChI=1S/C10H12N4O2/c1-10(7-4-3-5-11-13-7)6-8(15)12-9(16)14(10)2/h3-5H,6H2,1-2H3,(H,12,15,16). The van der Waals surface area contributed by atoms with Crippen molar-refractivity contribution in [2.45, 2.75) is 18.9 Å².